The summed E-state index contributed by atoms with van der Waals surface area (Å²) < 4.78 is 1.42. The molecule has 0 aromatic carbocycles. The van der Waals surface area contributed by atoms with Crippen LogP contribution in [0, 0.1) is 17.7 Å². The molecule has 2 heterocycles. The highest BCUT2D eigenvalue weighted by Crippen LogP contribution is 2.23. The van der Waals surface area contributed by atoms with Crippen molar-refractivity contribution >= 4 is 29.5 Å². The lowest BCUT2D eigenvalue weighted by molar-refractivity contribution is 0.0995. The zero-order chi connectivity index (χ0) is 20.3. The predicted octanol–water partition coefficient (Wildman–Crippen LogP) is 0.181. The molecule has 0 atom stereocenters. The lowest BCUT2D eigenvalue weighted by Crippen LogP contribution is -2.24. The normalized spacial score (nSPS) is 11.3. The maximum atomic E-state index is 11.5. The molecule has 0 bridgehead atoms. The van der Waals surface area contributed by atoms with Crippen LogP contribution in [0.2, 0.25) is 0 Å². The van der Waals surface area contributed by atoms with Gasteiger partial charge in [0.25, 0.3) is 5.91 Å². The average Bonchev–Trinajstić information content (AvgIpc) is 2.94. The van der Waals surface area contributed by atoms with E-state index < -0.39 is 5.91 Å². The number of carbonyl (C=O) groups excluding carboxylic acids is 1. The van der Waals surface area contributed by atoms with Gasteiger partial charge in [-0.2, -0.15) is 5.10 Å². The van der Waals surface area contributed by atoms with Crippen LogP contribution in [0.15, 0.2) is 11.1 Å². The molecule has 0 saturated heterocycles. The number of nitrogens with two attached hydrogens (primary N) is 2. The lowest BCUT2D eigenvalue weighted by atomic mass is 10.1. The van der Waals surface area contributed by atoms with E-state index in [0.29, 0.717) is 17.9 Å². The molecule has 0 spiro atoms. The van der Waals surface area contributed by atoms with Gasteiger partial charge in [-0.05, 0) is 19.9 Å². The number of aliphatic imine (C=N–C) groups is 1. The van der Waals surface area contributed by atoms with Crippen molar-refractivity contribution in [1.82, 2.24) is 14.8 Å². The number of amides is 1. The van der Waals surface area contributed by atoms with E-state index in [1.807, 2.05) is 0 Å². The fourth-order valence-electron chi connectivity index (χ4n) is 2.49. The molecule has 0 radical (unpaired) electrons. The molecule has 8 N–H and O–H groups in total. The quantitative estimate of drug-likeness (QED) is 0.310. The number of amidine groups is 2. The van der Waals surface area contributed by atoms with Crippen LogP contribution in [-0.2, 0) is 6.54 Å². The average molecular weight is 371 g/mol. The van der Waals surface area contributed by atoms with E-state index >= 15 is 0 Å². The summed E-state index contributed by atoms with van der Waals surface area (Å²) in [7, 11) is 1.60. The molecule has 27 heavy (non-hydrogen) atoms. The Hall–Kier alpha value is -3.76. The SMILES string of the molecule is CCn1nc(C)c(O)c1C(=N)/N=C(\N)c1nc(C(N)=O)cc(NC)c1C=N. The number of nitrogens with one attached hydrogen (secondary N) is 3. The minimum absolute atomic E-state index is 0.0224. The largest absolute Gasteiger partial charge is 0.504 e. The highest BCUT2D eigenvalue weighted by atomic mass is 16.3. The van der Waals surface area contributed by atoms with Crippen LogP contribution in [0.4, 0.5) is 5.69 Å². The van der Waals surface area contributed by atoms with E-state index in [0.717, 1.165) is 6.21 Å². The van der Waals surface area contributed by atoms with Crippen molar-refractivity contribution < 1.29 is 9.90 Å². The van der Waals surface area contributed by atoms with Crippen molar-refractivity contribution in [3.05, 3.63) is 34.4 Å². The van der Waals surface area contributed by atoms with Crippen molar-refractivity contribution in [3.63, 3.8) is 0 Å². The maximum Gasteiger partial charge on any atom is 0.267 e. The second-order valence-electron chi connectivity index (χ2n) is 5.52. The molecule has 142 valence electrons. The number of pyridine rings is 1. The topological polar surface area (TPSA) is 192 Å². The zero-order valence-corrected chi connectivity index (χ0v) is 15.2. The van der Waals surface area contributed by atoms with Gasteiger partial charge in [0, 0.05) is 31.1 Å². The third kappa shape index (κ3) is 3.61. The summed E-state index contributed by atoms with van der Waals surface area (Å²) >= 11 is 0. The van der Waals surface area contributed by atoms with Crippen molar-refractivity contribution in [2.75, 3.05) is 12.4 Å². The molecule has 1 amide bonds. The Labute approximate surface area is 155 Å². The van der Waals surface area contributed by atoms with Crippen molar-refractivity contribution in [1.29, 1.82) is 10.8 Å². The molecule has 0 aliphatic rings. The minimum atomic E-state index is -0.774. The molecule has 0 unspecified atom stereocenters. The predicted molar refractivity (Wildman–Crippen MR) is 102 cm³/mol. The molecule has 2 aromatic heterocycles. The van der Waals surface area contributed by atoms with Crippen molar-refractivity contribution in [3.8, 4) is 5.75 Å². The second kappa shape index (κ2) is 7.64. The van der Waals surface area contributed by atoms with Crippen LogP contribution in [0.3, 0.4) is 0 Å². The summed E-state index contributed by atoms with van der Waals surface area (Å²) in [6, 6.07) is 1.39. The Balaban J connectivity index is 2.61. The van der Waals surface area contributed by atoms with Crippen LogP contribution in [0.25, 0.3) is 0 Å². The van der Waals surface area contributed by atoms with Gasteiger partial charge in [-0.1, -0.05) is 0 Å². The number of carbonyl (C=O) groups is 1. The number of aromatic nitrogens is 3. The van der Waals surface area contributed by atoms with E-state index in [1.165, 1.54) is 10.7 Å². The molecule has 11 nitrogen and oxygen atoms in total. The molecular weight excluding hydrogens is 350 g/mol. The van der Waals surface area contributed by atoms with Gasteiger partial charge in [0.05, 0.1) is 0 Å². The summed E-state index contributed by atoms with van der Waals surface area (Å²) in [6.07, 6.45) is 1.00. The maximum absolute atomic E-state index is 11.5. The number of nitrogens with zero attached hydrogens (tertiary/aromatic N) is 4. The molecule has 2 rings (SSSR count). The van der Waals surface area contributed by atoms with Gasteiger partial charge in [-0.15, -0.1) is 0 Å². The van der Waals surface area contributed by atoms with E-state index in [-0.39, 0.29) is 40.1 Å². The first-order valence-electron chi connectivity index (χ1n) is 7.97. The Kier molecular flexibility index (Phi) is 5.54. The fourth-order valence-corrected chi connectivity index (χ4v) is 2.49. The van der Waals surface area contributed by atoms with Gasteiger partial charge >= 0.3 is 0 Å². The van der Waals surface area contributed by atoms with Crippen molar-refractivity contribution in [2.45, 2.75) is 20.4 Å². The lowest BCUT2D eigenvalue weighted by Gasteiger charge is -2.12. The number of hydrogen-bond acceptors (Lipinski definition) is 7. The molecule has 0 saturated carbocycles. The van der Waals surface area contributed by atoms with Crippen LogP contribution >= 0.6 is 0 Å². The smallest absolute Gasteiger partial charge is 0.267 e. The monoisotopic (exact) mass is 371 g/mol. The van der Waals surface area contributed by atoms with Crippen LogP contribution in [0.5, 0.6) is 5.75 Å². The number of rotatable bonds is 6. The van der Waals surface area contributed by atoms with E-state index in [9.17, 15) is 9.90 Å². The molecule has 0 aliphatic heterocycles. The number of hydrogen-bond donors (Lipinski definition) is 6. The first-order chi connectivity index (χ1) is 12.7. The Bertz CT molecular complexity index is 959. The number of primary amides is 1. The van der Waals surface area contributed by atoms with Gasteiger partial charge in [0.1, 0.15) is 22.8 Å². The third-order valence-corrected chi connectivity index (χ3v) is 3.82. The molecule has 0 fully saturated rings. The van der Waals surface area contributed by atoms with Crippen LogP contribution in [0.1, 0.15) is 40.1 Å². The first-order valence-corrected chi connectivity index (χ1v) is 7.97. The first kappa shape index (κ1) is 19.6. The van der Waals surface area contributed by atoms with Gasteiger partial charge < -0.3 is 27.3 Å². The summed E-state index contributed by atoms with van der Waals surface area (Å²) in [5.41, 5.74) is 12.4. The zero-order valence-electron chi connectivity index (χ0n) is 15.2. The van der Waals surface area contributed by atoms with Crippen LogP contribution < -0.4 is 16.8 Å². The summed E-state index contributed by atoms with van der Waals surface area (Å²) in [6.45, 7) is 3.83. The van der Waals surface area contributed by atoms with E-state index in [4.69, 9.17) is 22.3 Å². The van der Waals surface area contributed by atoms with Gasteiger partial charge in [-0.3, -0.25) is 14.9 Å². The standard InChI is InChI=1S/C16H21N9O2/c1-4-25-12(13(26)7(2)24-25)15(19)23-14(18)11-8(6-17)9(21-3)5-10(22-11)16(20)27/h5-6,17,26H,4H2,1-3H3,(H2,20,27)(H,21,22)(H3,18,19,23). The highest BCUT2D eigenvalue weighted by Gasteiger charge is 2.20. The Morgan fingerprint density at radius 2 is 2.15 bits per heavy atom. The molecule has 11 heteroatoms. The Morgan fingerprint density at radius 1 is 1.48 bits per heavy atom. The van der Waals surface area contributed by atoms with E-state index in [1.54, 1.807) is 20.9 Å². The highest BCUT2D eigenvalue weighted by molar-refractivity contribution is 6.13. The van der Waals surface area contributed by atoms with Gasteiger partial charge in [0.15, 0.2) is 17.4 Å². The fraction of sp³-hybridized carbons (Fsp3) is 0.250. The van der Waals surface area contributed by atoms with Crippen molar-refractivity contribution in [2.24, 2.45) is 16.5 Å². The van der Waals surface area contributed by atoms with Crippen LogP contribution in [-0.4, -0.2) is 50.7 Å². The summed E-state index contributed by atoms with van der Waals surface area (Å²) in [5.74, 6) is -1.48. The van der Waals surface area contributed by atoms with Gasteiger partial charge in [-0.25, -0.2) is 9.98 Å². The Morgan fingerprint density at radius 3 is 2.67 bits per heavy atom. The minimum Gasteiger partial charge on any atom is -0.504 e. The van der Waals surface area contributed by atoms with Gasteiger partial charge in [0.2, 0.25) is 0 Å². The number of aromatic hydroxyl groups is 1. The number of aryl methyl sites for hydroxylation is 2. The molecule has 2 aromatic rings. The summed E-state index contributed by atoms with van der Waals surface area (Å²) in [5, 5.41) is 32.9. The summed E-state index contributed by atoms with van der Waals surface area (Å²) in [4.78, 5) is 19.6. The number of anilines is 1. The van der Waals surface area contributed by atoms with E-state index in [2.05, 4.69) is 20.4 Å². The third-order valence-electron chi connectivity index (χ3n) is 3.82. The molecule has 0 aliphatic carbocycles. The second-order valence-corrected chi connectivity index (χ2v) is 5.52. The molecular formula is C16H21N9O2.